The molecule has 1 heterocycles. The number of amides is 1. The highest BCUT2D eigenvalue weighted by atomic mass is 16.5. The zero-order valence-corrected chi connectivity index (χ0v) is 16.5. The van der Waals surface area contributed by atoms with Crippen molar-refractivity contribution in [3.8, 4) is 22.9 Å². The van der Waals surface area contributed by atoms with E-state index in [1.54, 1.807) is 18.1 Å². The van der Waals surface area contributed by atoms with Crippen molar-refractivity contribution in [1.29, 1.82) is 0 Å². The summed E-state index contributed by atoms with van der Waals surface area (Å²) in [5.41, 5.74) is 1.77. The minimum absolute atomic E-state index is 0.0852. The maximum Gasteiger partial charge on any atom is 0.261 e. The topological polar surface area (TPSA) is 77.7 Å². The molecule has 150 valence electrons. The second kappa shape index (κ2) is 9.54. The molecule has 0 radical (unpaired) electrons. The maximum absolute atomic E-state index is 12.6. The van der Waals surface area contributed by atoms with E-state index in [-0.39, 0.29) is 19.1 Å². The average molecular weight is 393 g/mol. The van der Waals surface area contributed by atoms with Crippen molar-refractivity contribution in [2.45, 2.75) is 13.5 Å². The van der Waals surface area contributed by atoms with Gasteiger partial charge in [-0.2, -0.15) is 4.98 Å². The van der Waals surface area contributed by atoms with Crippen molar-refractivity contribution >= 4 is 5.91 Å². The number of para-hydroxylation sites is 1. The molecule has 0 spiro atoms. The Morgan fingerprint density at radius 1 is 1.21 bits per heavy atom. The van der Waals surface area contributed by atoms with Crippen LogP contribution in [0.25, 0.3) is 11.4 Å². The van der Waals surface area contributed by atoms with E-state index in [2.05, 4.69) is 16.7 Å². The summed E-state index contributed by atoms with van der Waals surface area (Å²) in [6.45, 7) is 6.07. The standard InChI is InChI=1S/C22H23N3O4/c1-4-13-25(21(26)15-28-19-8-6-5-7-16(19)2)14-20-23-22(24-29-20)17-9-11-18(27-3)12-10-17/h4-12H,1,13-15H2,2-3H3. The molecular weight excluding hydrogens is 370 g/mol. The van der Waals surface area contributed by atoms with E-state index in [9.17, 15) is 4.79 Å². The summed E-state index contributed by atoms with van der Waals surface area (Å²) in [5.74, 6) is 2.01. The lowest BCUT2D eigenvalue weighted by atomic mass is 10.2. The summed E-state index contributed by atoms with van der Waals surface area (Å²) in [6.07, 6.45) is 1.65. The molecule has 0 fully saturated rings. The molecule has 0 aliphatic carbocycles. The monoisotopic (exact) mass is 393 g/mol. The summed E-state index contributed by atoms with van der Waals surface area (Å²) >= 11 is 0. The SMILES string of the molecule is C=CCN(Cc1nc(-c2ccc(OC)cc2)no1)C(=O)COc1ccccc1C. The van der Waals surface area contributed by atoms with Crippen molar-refractivity contribution in [2.75, 3.05) is 20.3 Å². The van der Waals surface area contributed by atoms with Gasteiger partial charge < -0.3 is 18.9 Å². The van der Waals surface area contributed by atoms with Crippen LogP contribution < -0.4 is 9.47 Å². The smallest absolute Gasteiger partial charge is 0.261 e. The quantitative estimate of drug-likeness (QED) is 0.517. The van der Waals surface area contributed by atoms with Crippen LogP contribution in [0.1, 0.15) is 11.5 Å². The number of aryl methyl sites for hydroxylation is 1. The summed E-state index contributed by atoms with van der Waals surface area (Å²) in [5, 5.41) is 4.00. The lowest BCUT2D eigenvalue weighted by Crippen LogP contribution is -2.34. The number of carbonyl (C=O) groups is 1. The highest BCUT2D eigenvalue weighted by Gasteiger charge is 2.18. The molecule has 2 aromatic carbocycles. The fourth-order valence-corrected chi connectivity index (χ4v) is 2.70. The van der Waals surface area contributed by atoms with Crippen LogP contribution in [0.4, 0.5) is 0 Å². The van der Waals surface area contributed by atoms with Crippen LogP contribution in [0.15, 0.2) is 65.7 Å². The van der Waals surface area contributed by atoms with Crippen molar-refractivity contribution in [3.63, 3.8) is 0 Å². The van der Waals surface area contributed by atoms with Gasteiger partial charge in [0.25, 0.3) is 5.91 Å². The molecule has 3 aromatic rings. The van der Waals surface area contributed by atoms with Crippen molar-refractivity contribution < 1.29 is 18.8 Å². The van der Waals surface area contributed by atoms with Crippen LogP contribution in [0, 0.1) is 6.92 Å². The van der Waals surface area contributed by atoms with Crippen LogP contribution in [0.2, 0.25) is 0 Å². The molecule has 7 heteroatoms. The molecule has 1 aromatic heterocycles. The number of ether oxygens (including phenoxy) is 2. The molecule has 0 aliphatic heterocycles. The fraction of sp³-hybridized carbons (Fsp3) is 0.227. The first-order chi connectivity index (χ1) is 14.1. The first-order valence-electron chi connectivity index (χ1n) is 9.15. The zero-order valence-electron chi connectivity index (χ0n) is 16.5. The van der Waals surface area contributed by atoms with Gasteiger partial charge in [-0.3, -0.25) is 4.79 Å². The van der Waals surface area contributed by atoms with E-state index in [0.29, 0.717) is 24.0 Å². The molecule has 0 atom stereocenters. The normalized spacial score (nSPS) is 10.4. The Hall–Kier alpha value is -3.61. The Labute approximate surface area is 169 Å². The van der Waals surface area contributed by atoms with E-state index in [1.165, 1.54) is 0 Å². The second-order valence-corrected chi connectivity index (χ2v) is 6.36. The lowest BCUT2D eigenvalue weighted by Gasteiger charge is -2.19. The molecule has 0 aliphatic rings. The van der Waals surface area contributed by atoms with Crippen LogP contribution in [0.3, 0.4) is 0 Å². The van der Waals surface area contributed by atoms with Gasteiger partial charge in [0.1, 0.15) is 18.0 Å². The van der Waals surface area contributed by atoms with E-state index in [4.69, 9.17) is 14.0 Å². The first kappa shape index (κ1) is 20.1. The number of benzene rings is 2. The molecule has 3 rings (SSSR count). The van der Waals surface area contributed by atoms with Gasteiger partial charge in [-0.15, -0.1) is 6.58 Å². The van der Waals surface area contributed by atoms with Crippen LogP contribution in [-0.4, -0.2) is 41.2 Å². The van der Waals surface area contributed by atoms with Gasteiger partial charge in [0, 0.05) is 12.1 Å². The van der Waals surface area contributed by atoms with Gasteiger partial charge in [-0.05, 0) is 42.8 Å². The van der Waals surface area contributed by atoms with Crippen molar-refractivity contribution in [2.24, 2.45) is 0 Å². The largest absolute Gasteiger partial charge is 0.497 e. The van der Waals surface area contributed by atoms with E-state index >= 15 is 0 Å². The Morgan fingerprint density at radius 2 is 1.97 bits per heavy atom. The van der Waals surface area contributed by atoms with E-state index in [0.717, 1.165) is 16.9 Å². The molecule has 0 bridgehead atoms. The third-order valence-corrected chi connectivity index (χ3v) is 4.29. The third kappa shape index (κ3) is 5.22. The molecule has 0 N–H and O–H groups in total. The van der Waals surface area contributed by atoms with E-state index < -0.39 is 0 Å². The number of carbonyl (C=O) groups excluding carboxylic acids is 1. The Morgan fingerprint density at radius 3 is 2.66 bits per heavy atom. The maximum atomic E-state index is 12.6. The molecule has 1 amide bonds. The predicted octanol–water partition coefficient (Wildman–Crippen LogP) is 3.65. The molecule has 0 unspecified atom stereocenters. The minimum Gasteiger partial charge on any atom is -0.497 e. The number of aromatic nitrogens is 2. The van der Waals surface area contributed by atoms with Crippen LogP contribution in [0.5, 0.6) is 11.5 Å². The molecule has 7 nitrogen and oxygen atoms in total. The highest BCUT2D eigenvalue weighted by molar-refractivity contribution is 5.78. The molecule has 0 saturated heterocycles. The molecule has 0 saturated carbocycles. The highest BCUT2D eigenvalue weighted by Crippen LogP contribution is 2.20. The van der Waals surface area contributed by atoms with Gasteiger partial charge in [-0.1, -0.05) is 29.4 Å². The lowest BCUT2D eigenvalue weighted by molar-refractivity contribution is -0.133. The number of methoxy groups -OCH3 is 1. The van der Waals surface area contributed by atoms with E-state index in [1.807, 2.05) is 55.5 Å². The predicted molar refractivity (Wildman–Crippen MR) is 109 cm³/mol. The average Bonchev–Trinajstić information content (AvgIpc) is 3.21. The molecular formula is C22H23N3O4. The van der Waals surface area contributed by atoms with Gasteiger partial charge in [0.2, 0.25) is 11.7 Å². The van der Waals surface area contributed by atoms with Gasteiger partial charge in [-0.25, -0.2) is 0 Å². The summed E-state index contributed by atoms with van der Waals surface area (Å²) in [6, 6.07) is 14.9. The molecule has 29 heavy (non-hydrogen) atoms. The second-order valence-electron chi connectivity index (χ2n) is 6.36. The van der Waals surface area contributed by atoms with Crippen molar-refractivity contribution in [3.05, 3.63) is 72.6 Å². The first-order valence-corrected chi connectivity index (χ1v) is 9.15. The van der Waals surface area contributed by atoms with Crippen LogP contribution >= 0.6 is 0 Å². The van der Waals surface area contributed by atoms with Crippen molar-refractivity contribution in [1.82, 2.24) is 15.0 Å². The zero-order chi connectivity index (χ0) is 20.6. The third-order valence-electron chi connectivity index (χ3n) is 4.29. The van der Waals surface area contributed by atoms with Gasteiger partial charge in [0.15, 0.2) is 6.61 Å². The number of hydrogen-bond acceptors (Lipinski definition) is 6. The summed E-state index contributed by atoms with van der Waals surface area (Å²) < 4.78 is 16.1. The summed E-state index contributed by atoms with van der Waals surface area (Å²) in [4.78, 5) is 18.6. The minimum atomic E-state index is -0.197. The number of nitrogens with zero attached hydrogens (tertiary/aromatic N) is 3. The van der Waals surface area contributed by atoms with Gasteiger partial charge in [0.05, 0.1) is 7.11 Å². The van der Waals surface area contributed by atoms with Crippen LogP contribution in [-0.2, 0) is 11.3 Å². The number of hydrogen-bond donors (Lipinski definition) is 0. The summed E-state index contributed by atoms with van der Waals surface area (Å²) in [7, 11) is 1.61. The van der Waals surface area contributed by atoms with Gasteiger partial charge >= 0.3 is 0 Å². The Balaban J connectivity index is 1.65. The number of rotatable bonds is 9. The Bertz CT molecular complexity index is 966. The Kier molecular flexibility index (Phi) is 6.63. The fourth-order valence-electron chi connectivity index (χ4n) is 2.70.